The molecule has 0 unspecified atom stereocenters. The molecule has 0 radical (unpaired) electrons. The number of fused-ring (bicyclic) bond motifs is 2. The minimum Gasteiger partial charge on any atom is -0.486 e. The van der Waals surface area contributed by atoms with E-state index >= 15 is 0 Å². The largest absolute Gasteiger partial charge is 0.486 e. The Morgan fingerprint density at radius 1 is 1.30 bits per heavy atom. The zero-order chi connectivity index (χ0) is 21.1. The molecule has 0 amide bonds. The fourth-order valence-corrected chi connectivity index (χ4v) is 9.30. The lowest BCUT2D eigenvalue weighted by Crippen LogP contribution is -2.82. The first-order chi connectivity index (χ1) is 14.3. The summed E-state index contributed by atoms with van der Waals surface area (Å²) in [5.41, 5.74) is 3.37. The zero-order valence-corrected chi connectivity index (χ0v) is 19.3. The lowest BCUT2D eigenvalue weighted by molar-refractivity contribution is -0.301. The number of likely N-dealkylation sites (N-methyl/N-ethyl adjacent to an activating group) is 1. The van der Waals surface area contributed by atoms with Crippen LogP contribution in [0.25, 0.3) is 0 Å². The molecule has 4 bridgehead atoms. The number of likely N-dealkylation sites (tertiary alicyclic amines) is 1. The van der Waals surface area contributed by atoms with Crippen molar-refractivity contribution in [3.05, 3.63) is 28.8 Å². The van der Waals surface area contributed by atoms with Gasteiger partial charge in [0.15, 0.2) is 0 Å². The highest BCUT2D eigenvalue weighted by atomic mass is 16.6. The van der Waals surface area contributed by atoms with Crippen LogP contribution in [0, 0.1) is 18.3 Å². The topological polar surface area (TPSA) is 41.9 Å². The van der Waals surface area contributed by atoms with Crippen LogP contribution in [-0.4, -0.2) is 54.1 Å². The molecule has 1 aromatic carbocycles. The van der Waals surface area contributed by atoms with Gasteiger partial charge in [0, 0.05) is 35.5 Å². The third kappa shape index (κ3) is 1.92. The molecule has 7 rings (SSSR count). The summed E-state index contributed by atoms with van der Waals surface area (Å²) >= 11 is 0. The van der Waals surface area contributed by atoms with E-state index in [4.69, 9.17) is 9.47 Å². The predicted octanol–water partition coefficient (Wildman–Crippen LogP) is 3.99. The first kappa shape index (κ1) is 19.6. The van der Waals surface area contributed by atoms with Gasteiger partial charge in [0.25, 0.3) is 0 Å². The van der Waals surface area contributed by atoms with E-state index in [2.05, 4.69) is 44.9 Å². The Balaban J connectivity index is 1.63. The van der Waals surface area contributed by atoms with Crippen LogP contribution in [-0.2, 0) is 16.6 Å². The van der Waals surface area contributed by atoms with E-state index < -0.39 is 11.2 Å². The van der Waals surface area contributed by atoms with Crippen molar-refractivity contribution >= 4 is 0 Å². The van der Waals surface area contributed by atoms with E-state index in [9.17, 15) is 5.11 Å². The van der Waals surface area contributed by atoms with Crippen molar-refractivity contribution in [3.8, 4) is 5.75 Å². The van der Waals surface area contributed by atoms with Gasteiger partial charge in [0.05, 0.1) is 5.60 Å². The third-order valence-corrected chi connectivity index (χ3v) is 10.2. The lowest BCUT2D eigenvalue weighted by atomic mass is 9.33. The Bertz CT molecular complexity index is 912. The molecule has 164 valence electrons. The molecular weight excluding hydrogens is 374 g/mol. The summed E-state index contributed by atoms with van der Waals surface area (Å²) < 4.78 is 13.5. The Kier molecular flexibility index (Phi) is 3.80. The maximum atomic E-state index is 11.7. The van der Waals surface area contributed by atoms with Crippen LogP contribution in [0.4, 0.5) is 0 Å². The number of hydrogen-bond donors (Lipinski definition) is 1. The van der Waals surface area contributed by atoms with E-state index in [1.54, 1.807) is 0 Å². The Hall–Kier alpha value is -1.10. The lowest BCUT2D eigenvalue weighted by Gasteiger charge is -2.74. The Labute approximate surface area is 180 Å². The predicted molar refractivity (Wildman–Crippen MR) is 117 cm³/mol. The number of hydrogen-bond acceptors (Lipinski definition) is 4. The summed E-state index contributed by atoms with van der Waals surface area (Å²) in [5, 5.41) is 11.7. The fourth-order valence-electron chi connectivity index (χ4n) is 9.30. The van der Waals surface area contributed by atoms with Crippen molar-refractivity contribution in [2.75, 3.05) is 20.7 Å². The number of aliphatic hydroxyl groups is 1. The molecule has 0 aromatic heterocycles. The van der Waals surface area contributed by atoms with E-state index in [-0.39, 0.29) is 22.9 Å². The quantitative estimate of drug-likeness (QED) is 0.813. The van der Waals surface area contributed by atoms with Gasteiger partial charge < -0.3 is 19.5 Å². The average molecular weight is 412 g/mol. The van der Waals surface area contributed by atoms with Crippen molar-refractivity contribution in [3.63, 3.8) is 0 Å². The number of methoxy groups -OCH3 is 1. The molecule has 4 fully saturated rings. The van der Waals surface area contributed by atoms with Crippen LogP contribution in [0.1, 0.15) is 69.1 Å². The van der Waals surface area contributed by atoms with Gasteiger partial charge in [-0.05, 0) is 83.2 Å². The average Bonchev–Trinajstić information content (AvgIpc) is 3.05. The summed E-state index contributed by atoms with van der Waals surface area (Å²) in [4.78, 5) is 2.63. The van der Waals surface area contributed by atoms with Gasteiger partial charge in [0.1, 0.15) is 17.5 Å². The molecule has 4 nitrogen and oxygen atoms in total. The fraction of sp³-hybridized carbons (Fsp3) is 0.769. The standard InChI is InChI=1S/C26H37NO3/c1-6-7-23(3,28)19-15-24-8-9-26(19,29-5)22-25(24)10-11-27(4)20(24)14-17-12-16(2)13-18(30-22)21(17)25/h12-13,19-20,22,28H,6-11,14-15H2,1-5H3/t19-,20-,22-,23+,24-,25+,26-/m1/s1. The smallest absolute Gasteiger partial charge is 0.138 e. The van der Waals surface area contributed by atoms with Crippen molar-refractivity contribution in [2.45, 2.75) is 94.5 Å². The molecule has 4 heteroatoms. The SMILES string of the molecule is CCC[C@](C)(O)[C@H]1C[C@@]23CC[C@]1(OC)[C@@H]1Oc4cc(C)cc5c4[C@@]12CCN(C)[C@@H]3C5. The van der Waals surface area contributed by atoms with E-state index in [1.807, 2.05) is 7.11 Å². The van der Waals surface area contributed by atoms with Gasteiger partial charge in [-0.1, -0.05) is 19.4 Å². The second-order valence-corrected chi connectivity index (χ2v) is 11.4. The van der Waals surface area contributed by atoms with Crippen LogP contribution in [0.3, 0.4) is 0 Å². The molecular formula is C26H37NO3. The number of rotatable bonds is 4. The number of piperidine rings is 1. The third-order valence-electron chi connectivity index (χ3n) is 10.2. The maximum Gasteiger partial charge on any atom is 0.138 e. The van der Waals surface area contributed by atoms with Crippen molar-refractivity contribution < 1.29 is 14.6 Å². The number of ether oxygens (including phenoxy) is 2. The number of aryl methyl sites for hydroxylation is 1. The molecule has 7 atom stereocenters. The Morgan fingerprint density at radius 2 is 2.10 bits per heavy atom. The molecule has 2 aliphatic heterocycles. The second kappa shape index (κ2) is 5.82. The molecule has 4 aliphatic carbocycles. The summed E-state index contributed by atoms with van der Waals surface area (Å²) in [7, 11) is 4.20. The van der Waals surface area contributed by atoms with Gasteiger partial charge in [0.2, 0.25) is 0 Å². The molecule has 1 saturated heterocycles. The van der Waals surface area contributed by atoms with Gasteiger partial charge in [-0.25, -0.2) is 0 Å². The van der Waals surface area contributed by atoms with Gasteiger partial charge in [-0.15, -0.1) is 0 Å². The van der Waals surface area contributed by atoms with Crippen molar-refractivity contribution in [2.24, 2.45) is 11.3 Å². The molecule has 2 heterocycles. The summed E-state index contributed by atoms with van der Waals surface area (Å²) in [6, 6.07) is 5.20. The van der Waals surface area contributed by atoms with Crippen molar-refractivity contribution in [1.82, 2.24) is 4.90 Å². The van der Waals surface area contributed by atoms with Crippen LogP contribution in [0.5, 0.6) is 5.75 Å². The second-order valence-electron chi connectivity index (χ2n) is 11.4. The van der Waals surface area contributed by atoms with Crippen LogP contribution < -0.4 is 4.74 Å². The van der Waals surface area contributed by atoms with Gasteiger partial charge >= 0.3 is 0 Å². The molecule has 3 saturated carbocycles. The van der Waals surface area contributed by atoms with E-state index in [1.165, 1.54) is 23.1 Å². The molecule has 30 heavy (non-hydrogen) atoms. The first-order valence-electron chi connectivity index (χ1n) is 12.0. The van der Waals surface area contributed by atoms with E-state index in [0.717, 1.165) is 50.8 Å². The summed E-state index contributed by atoms with van der Waals surface area (Å²) in [6.07, 6.45) is 7.29. The summed E-state index contributed by atoms with van der Waals surface area (Å²) in [6.45, 7) is 7.55. The van der Waals surface area contributed by atoms with Gasteiger partial charge in [-0.2, -0.15) is 0 Å². The molecule has 1 aromatic rings. The highest BCUT2D eigenvalue weighted by Gasteiger charge is 2.81. The van der Waals surface area contributed by atoms with E-state index in [0.29, 0.717) is 6.04 Å². The Morgan fingerprint density at radius 3 is 2.83 bits per heavy atom. The maximum absolute atomic E-state index is 11.7. The highest BCUT2D eigenvalue weighted by Crippen LogP contribution is 2.76. The normalized spacial score (nSPS) is 45.1. The van der Waals surface area contributed by atoms with Gasteiger partial charge in [-0.3, -0.25) is 0 Å². The molecule has 1 N–H and O–H groups in total. The van der Waals surface area contributed by atoms with Crippen LogP contribution in [0.2, 0.25) is 0 Å². The number of benzene rings is 1. The first-order valence-corrected chi connectivity index (χ1v) is 12.0. The minimum atomic E-state index is -0.735. The van der Waals surface area contributed by atoms with Crippen molar-refractivity contribution in [1.29, 1.82) is 0 Å². The van der Waals surface area contributed by atoms with Crippen LogP contribution >= 0.6 is 0 Å². The number of nitrogens with zero attached hydrogens (tertiary/aromatic N) is 1. The summed E-state index contributed by atoms with van der Waals surface area (Å²) in [5.74, 6) is 1.22. The van der Waals surface area contributed by atoms with Crippen LogP contribution in [0.15, 0.2) is 12.1 Å². The minimum absolute atomic E-state index is 0.0119. The molecule has 2 spiro atoms. The molecule has 6 aliphatic rings. The zero-order valence-electron chi connectivity index (χ0n) is 19.3. The monoisotopic (exact) mass is 411 g/mol. The highest BCUT2D eigenvalue weighted by molar-refractivity contribution is 5.60.